The van der Waals surface area contributed by atoms with Crippen LogP contribution in [0.4, 0.5) is 5.69 Å². The number of rotatable bonds is 2. The summed E-state index contributed by atoms with van der Waals surface area (Å²) in [5.41, 5.74) is 2.68. The lowest BCUT2D eigenvalue weighted by Gasteiger charge is -2.11. The van der Waals surface area contributed by atoms with Crippen LogP contribution in [-0.2, 0) is 22.4 Å². The van der Waals surface area contributed by atoms with E-state index >= 15 is 0 Å². The molecule has 2 heterocycles. The summed E-state index contributed by atoms with van der Waals surface area (Å²) in [6, 6.07) is 1.53. The maximum absolute atomic E-state index is 11.9. The number of aliphatic hydroxyl groups excluding tert-OH is 1. The van der Waals surface area contributed by atoms with Crippen molar-refractivity contribution in [1.29, 1.82) is 0 Å². The largest absolute Gasteiger partial charge is 0.384 e. The quantitative estimate of drug-likeness (QED) is 0.663. The van der Waals surface area contributed by atoms with E-state index in [1.54, 1.807) is 0 Å². The normalized spacial score (nSPS) is 15.7. The highest BCUT2D eigenvalue weighted by Gasteiger charge is 2.24. The Morgan fingerprint density at radius 1 is 1.43 bits per heavy atom. The summed E-state index contributed by atoms with van der Waals surface area (Å²) >= 11 is 12.4. The lowest BCUT2D eigenvalue weighted by atomic mass is 10.0. The van der Waals surface area contributed by atoms with E-state index in [0.717, 1.165) is 11.3 Å². The number of carbonyl (C=O) groups excluding carboxylic acids is 2. The summed E-state index contributed by atoms with van der Waals surface area (Å²) in [5, 5.41) is 16.1. The minimum absolute atomic E-state index is 0.0940. The van der Waals surface area contributed by atoms with Gasteiger partial charge in [0.15, 0.2) is 0 Å². The molecule has 0 saturated carbocycles. The lowest BCUT2D eigenvalue weighted by Crippen LogP contribution is -2.25. The van der Waals surface area contributed by atoms with Crippen LogP contribution in [-0.4, -0.2) is 34.6 Å². The third-order valence-corrected chi connectivity index (χ3v) is 4.62. The van der Waals surface area contributed by atoms with E-state index in [1.807, 2.05) is 0 Å². The average Bonchev–Trinajstić information content (AvgIpc) is 2.73. The van der Waals surface area contributed by atoms with Gasteiger partial charge in [0.1, 0.15) is 6.10 Å². The van der Waals surface area contributed by atoms with E-state index in [4.69, 9.17) is 23.2 Å². The second-order valence-corrected chi connectivity index (χ2v) is 6.28. The van der Waals surface area contributed by atoms with Crippen LogP contribution in [0.5, 0.6) is 0 Å². The molecule has 0 bridgehead atoms. The Kier molecular flexibility index (Phi) is 4.23. The Morgan fingerprint density at radius 2 is 2.17 bits per heavy atom. The molecule has 122 valence electrons. The molecule has 1 aliphatic rings. The van der Waals surface area contributed by atoms with E-state index < -0.39 is 12.0 Å². The van der Waals surface area contributed by atoms with Crippen molar-refractivity contribution in [3.05, 3.63) is 27.4 Å². The molecule has 1 aliphatic heterocycles. The predicted molar refractivity (Wildman–Crippen MR) is 89.0 cm³/mol. The third kappa shape index (κ3) is 2.89. The second-order valence-electron chi connectivity index (χ2n) is 5.49. The number of nitrogens with one attached hydrogen (secondary N) is 3. The molecule has 2 aromatic rings. The summed E-state index contributed by atoms with van der Waals surface area (Å²) < 4.78 is 0. The SMILES string of the molecule is CC(O)C(=O)Nc1cc(Cl)c(Cl)c2[nH]c3c(c12)CC(=O)NCC3. The first-order valence-electron chi connectivity index (χ1n) is 7.15. The van der Waals surface area contributed by atoms with Crippen molar-refractivity contribution in [2.45, 2.75) is 25.9 Å². The highest BCUT2D eigenvalue weighted by Crippen LogP contribution is 2.39. The fourth-order valence-electron chi connectivity index (χ4n) is 2.73. The zero-order valence-corrected chi connectivity index (χ0v) is 13.8. The molecule has 6 nitrogen and oxygen atoms in total. The van der Waals surface area contributed by atoms with Gasteiger partial charge in [0.2, 0.25) is 5.91 Å². The smallest absolute Gasteiger partial charge is 0.252 e. The van der Waals surface area contributed by atoms with Gasteiger partial charge in [0.25, 0.3) is 5.91 Å². The minimum atomic E-state index is -1.17. The van der Waals surface area contributed by atoms with Crippen molar-refractivity contribution in [2.75, 3.05) is 11.9 Å². The molecular formula is C15H15Cl2N3O3. The first kappa shape index (κ1) is 16.1. The number of hydrogen-bond acceptors (Lipinski definition) is 3. The predicted octanol–water partition coefficient (Wildman–Crippen LogP) is 2.01. The number of aromatic amines is 1. The number of aliphatic hydroxyl groups is 1. The van der Waals surface area contributed by atoms with Gasteiger partial charge in [0, 0.05) is 24.0 Å². The van der Waals surface area contributed by atoms with Crippen molar-refractivity contribution in [3.63, 3.8) is 0 Å². The van der Waals surface area contributed by atoms with Crippen LogP contribution >= 0.6 is 23.2 Å². The maximum atomic E-state index is 11.9. The van der Waals surface area contributed by atoms with Gasteiger partial charge in [-0.3, -0.25) is 9.59 Å². The van der Waals surface area contributed by atoms with Gasteiger partial charge in [-0.2, -0.15) is 0 Å². The summed E-state index contributed by atoms with van der Waals surface area (Å²) in [5.74, 6) is -0.652. The van der Waals surface area contributed by atoms with Crippen LogP contribution in [0.1, 0.15) is 18.2 Å². The standard InChI is InChI=1S/C15H15Cl2N3O3/c1-6(21)15(23)20-10-5-8(16)13(17)14-12(10)7-4-11(22)18-3-2-9(7)19-14/h5-6,19,21H,2-4H2,1H3,(H,18,22)(H,20,23). The van der Waals surface area contributed by atoms with E-state index in [9.17, 15) is 14.7 Å². The Hall–Kier alpha value is -1.76. The lowest BCUT2D eigenvalue weighted by molar-refractivity contribution is -0.123. The van der Waals surface area contributed by atoms with Crippen LogP contribution in [0.15, 0.2) is 6.07 Å². The summed E-state index contributed by atoms with van der Waals surface area (Å²) in [6.07, 6.45) is -0.349. The number of halogens is 2. The molecule has 0 spiro atoms. The molecule has 4 N–H and O–H groups in total. The fraction of sp³-hybridized carbons (Fsp3) is 0.333. The zero-order chi connectivity index (χ0) is 16.7. The summed E-state index contributed by atoms with van der Waals surface area (Å²) in [4.78, 5) is 26.9. The molecular weight excluding hydrogens is 341 g/mol. The number of H-pyrrole nitrogens is 1. The molecule has 3 rings (SSSR count). The number of benzene rings is 1. The highest BCUT2D eigenvalue weighted by molar-refractivity contribution is 6.45. The Labute approximate surface area is 142 Å². The van der Waals surface area contributed by atoms with E-state index in [2.05, 4.69) is 15.6 Å². The van der Waals surface area contributed by atoms with Gasteiger partial charge < -0.3 is 20.7 Å². The van der Waals surface area contributed by atoms with E-state index in [1.165, 1.54) is 13.0 Å². The Morgan fingerprint density at radius 3 is 2.87 bits per heavy atom. The number of carbonyl (C=O) groups is 2. The number of aromatic nitrogens is 1. The van der Waals surface area contributed by atoms with Gasteiger partial charge in [-0.05, 0) is 18.6 Å². The zero-order valence-electron chi connectivity index (χ0n) is 12.3. The van der Waals surface area contributed by atoms with Gasteiger partial charge in [-0.25, -0.2) is 0 Å². The van der Waals surface area contributed by atoms with Gasteiger partial charge in [0.05, 0.1) is 27.7 Å². The first-order chi connectivity index (χ1) is 10.9. The highest BCUT2D eigenvalue weighted by atomic mass is 35.5. The maximum Gasteiger partial charge on any atom is 0.252 e. The average molecular weight is 356 g/mol. The molecule has 0 aliphatic carbocycles. The first-order valence-corrected chi connectivity index (χ1v) is 7.91. The van der Waals surface area contributed by atoms with E-state index in [-0.39, 0.29) is 17.4 Å². The molecule has 1 aromatic heterocycles. The summed E-state index contributed by atoms with van der Waals surface area (Å²) in [7, 11) is 0. The molecule has 1 atom stereocenters. The van der Waals surface area contributed by atoms with Gasteiger partial charge in [-0.1, -0.05) is 23.2 Å². The van der Waals surface area contributed by atoms with Crippen molar-refractivity contribution < 1.29 is 14.7 Å². The Balaban J connectivity index is 2.23. The molecule has 0 fully saturated rings. The molecule has 0 saturated heterocycles. The van der Waals surface area contributed by atoms with Gasteiger partial charge >= 0.3 is 0 Å². The third-order valence-electron chi connectivity index (χ3n) is 3.83. The van der Waals surface area contributed by atoms with Crippen molar-refractivity contribution >= 4 is 51.6 Å². The van der Waals surface area contributed by atoms with Crippen LogP contribution in [0.2, 0.25) is 10.0 Å². The number of anilines is 1. The molecule has 8 heteroatoms. The number of fused-ring (bicyclic) bond motifs is 3. The fourth-order valence-corrected chi connectivity index (χ4v) is 3.13. The van der Waals surface area contributed by atoms with Crippen LogP contribution < -0.4 is 10.6 Å². The van der Waals surface area contributed by atoms with Crippen LogP contribution in [0.25, 0.3) is 10.9 Å². The molecule has 23 heavy (non-hydrogen) atoms. The topological polar surface area (TPSA) is 94.2 Å². The molecule has 0 radical (unpaired) electrons. The number of amides is 2. The van der Waals surface area contributed by atoms with E-state index in [0.29, 0.717) is 34.6 Å². The van der Waals surface area contributed by atoms with Crippen molar-refractivity contribution in [1.82, 2.24) is 10.3 Å². The van der Waals surface area contributed by atoms with Crippen molar-refractivity contribution in [3.8, 4) is 0 Å². The summed E-state index contributed by atoms with van der Waals surface area (Å²) in [6.45, 7) is 1.90. The molecule has 2 amide bonds. The van der Waals surface area contributed by atoms with Crippen LogP contribution in [0, 0.1) is 0 Å². The molecule has 1 aromatic carbocycles. The van der Waals surface area contributed by atoms with Crippen LogP contribution in [0.3, 0.4) is 0 Å². The minimum Gasteiger partial charge on any atom is -0.384 e. The monoisotopic (exact) mass is 355 g/mol. The second kappa shape index (κ2) is 6.03. The molecule has 1 unspecified atom stereocenters. The number of hydrogen-bond donors (Lipinski definition) is 4. The van der Waals surface area contributed by atoms with Crippen molar-refractivity contribution in [2.24, 2.45) is 0 Å². The van der Waals surface area contributed by atoms with Gasteiger partial charge in [-0.15, -0.1) is 0 Å². The Bertz CT molecular complexity index is 814.